The van der Waals surface area contributed by atoms with Crippen LogP contribution in [0.15, 0.2) is 11.7 Å². The molecule has 2 aromatic rings. The third kappa shape index (κ3) is 3.10. The average Bonchev–Trinajstić information content (AvgIpc) is 2.99. The molecular formula is C10H14N6OS. The summed E-state index contributed by atoms with van der Waals surface area (Å²) < 4.78 is 0. The van der Waals surface area contributed by atoms with Gasteiger partial charge in [-0.3, -0.25) is 4.79 Å². The number of nitrogens with one attached hydrogen (secondary N) is 1. The fourth-order valence-electron chi connectivity index (χ4n) is 1.31. The first kappa shape index (κ1) is 12.6. The van der Waals surface area contributed by atoms with E-state index in [0.29, 0.717) is 24.7 Å². The van der Waals surface area contributed by atoms with E-state index in [0.717, 1.165) is 5.01 Å². The number of carbonyl (C=O) groups is 1. The highest BCUT2D eigenvalue weighted by Crippen LogP contribution is 2.18. The van der Waals surface area contributed by atoms with Gasteiger partial charge < -0.3 is 5.32 Å². The zero-order chi connectivity index (χ0) is 13.0. The summed E-state index contributed by atoms with van der Waals surface area (Å²) in [5, 5.41) is 16.6. The van der Waals surface area contributed by atoms with E-state index in [1.807, 2.05) is 0 Å². The van der Waals surface area contributed by atoms with E-state index in [1.54, 1.807) is 5.38 Å². The van der Waals surface area contributed by atoms with Crippen LogP contribution in [0, 0.1) is 0 Å². The summed E-state index contributed by atoms with van der Waals surface area (Å²) in [5.41, 5.74) is 0.468. The number of aromatic nitrogens is 5. The Labute approximate surface area is 108 Å². The van der Waals surface area contributed by atoms with Crippen LogP contribution in [0.3, 0.4) is 0 Å². The molecule has 0 unspecified atom stereocenters. The van der Waals surface area contributed by atoms with Crippen molar-refractivity contribution in [1.29, 1.82) is 0 Å². The summed E-state index contributed by atoms with van der Waals surface area (Å²) in [7, 11) is 0. The second-order valence-electron chi connectivity index (χ2n) is 4.01. The van der Waals surface area contributed by atoms with Crippen LogP contribution in [0.2, 0.25) is 0 Å². The van der Waals surface area contributed by atoms with Crippen LogP contribution in [0.5, 0.6) is 0 Å². The fraction of sp³-hybridized carbons (Fsp3) is 0.500. The zero-order valence-electron chi connectivity index (χ0n) is 10.2. The fourth-order valence-corrected chi connectivity index (χ4v) is 2.12. The van der Waals surface area contributed by atoms with Gasteiger partial charge in [0, 0.05) is 17.8 Å². The van der Waals surface area contributed by atoms with E-state index >= 15 is 0 Å². The largest absolute Gasteiger partial charge is 0.349 e. The van der Waals surface area contributed by atoms with Gasteiger partial charge in [-0.25, -0.2) is 4.98 Å². The molecule has 2 heterocycles. The van der Waals surface area contributed by atoms with Crippen LogP contribution in [0.25, 0.3) is 0 Å². The first-order chi connectivity index (χ1) is 8.66. The van der Waals surface area contributed by atoms with Crippen molar-refractivity contribution < 1.29 is 4.79 Å². The first-order valence-corrected chi connectivity index (χ1v) is 6.49. The van der Waals surface area contributed by atoms with Gasteiger partial charge in [-0.2, -0.15) is 4.80 Å². The molecule has 0 saturated heterocycles. The van der Waals surface area contributed by atoms with E-state index in [9.17, 15) is 4.79 Å². The van der Waals surface area contributed by atoms with Gasteiger partial charge in [-0.1, -0.05) is 13.8 Å². The molecule has 96 valence electrons. The summed E-state index contributed by atoms with van der Waals surface area (Å²) in [5.74, 6) is 0.175. The Morgan fingerprint density at radius 3 is 3.00 bits per heavy atom. The number of amides is 1. The lowest BCUT2D eigenvalue weighted by molar-refractivity contribution is 0.0947. The van der Waals surface area contributed by atoms with E-state index in [2.05, 4.69) is 39.6 Å². The molecule has 1 N–H and O–H groups in total. The van der Waals surface area contributed by atoms with Crippen molar-refractivity contribution in [1.82, 2.24) is 30.5 Å². The van der Waals surface area contributed by atoms with Crippen LogP contribution in [0.1, 0.15) is 35.3 Å². The van der Waals surface area contributed by atoms with Gasteiger partial charge in [0.15, 0.2) is 6.33 Å². The number of nitrogens with zero attached hydrogens (tertiary/aromatic N) is 5. The van der Waals surface area contributed by atoms with Gasteiger partial charge in [0.25, 0.3) is 5.91 Å². The Bertz CT molecular complexity index is 506. The maximum atomic E-state index is 11.8. The molecule has 18 heavy (non-hydrogen) atoms. The Morgan fingerprint density at radius 1 is 1.56 bits per heavy atom. The molecule has 2 rings (SSSR count). The molecule has 0 aliphatic heterocycles. The lowest BCUT2D eigenvalue weighted by atomic mass is 10.2. The number of tetrazole rings is 1. The zero-order valence-corrected chi connectivity index (χ0v) is 11.0. The number of rotatable bonds is 5. The van der Waals surface area contributed by atoms with Crippen LogP contribution >= 0.6 is 11.3 Å². The maximum Gasteiger partial charge on any atom is 0.270 e. The Hall–Kier alpha value is -1.83. The van der Waals surface area contributed by atoms with Crippen molar-refractivity contribution >= 4 is 17.2 Å². The minimum absolute atomic E-state index is 0.168. The number of carbonyl (C=O) groups excluding carboxylic acids is 1. The molecule has 1 amide bonds. The SMILES string of the molecule is CC(C)c1nc(C(=O)NCCn2ncnn2)cs1. The molecule has 0 radical (unpaired) electrons. The molecule has 0 aromatic carbocycles. The summed E-state index contributed by atoms with van der Waals surface area (Å²) in [6, 6.07) is 0. The minimum Gasteiger partial charge on any atom is -0.349 e. The molecule has 0 spiro atoms. The summed E-state index contributed by atoms with van der Waals surface area (Å²) >= 11 is 1.51. The molecule has 0 saturated carbocycles. The highest BCUT2D eigenvalue weighted by atomic mass is 32.1. The van der Waals surface area contributed by atoms with Crippen molar-refractivity contribution in [2.24, 2.45) is 0 Å². The van der Waals surface area contributed by atoms with Crippen LogP contribution in [0.4, 0.5) is 0 Å². The van der Waals surface area contributed by atoms with Gasteiger partial charge in [-0.15, -0.1) is 21.5 Å². The molecule has 0 fully saturated rings. The predicted molar refractivity (Wildman–Crippen MR) is 66.4 cm³/mol. The first-order valence-electron chi connectivity index (χ1n) is 5.61. The van der Waals surface area contributed by atoms with Gasteiger partial charge >= 0.3 is 0 Å². The second-order valence-corrected chi connectivity index (χ2v) is 4.90. The third-order valence-electron chi connectivity index (χ3n) is 2.24. The summed E-state index contributed by atoms with van der Waals surface area (Å²) in [6.45, 7) is 5.05. The standard InChI is InChI=1S/C10H14N6OS/c1-7(2)10-14-8(5-18-10)9(17)11-3-4-16-13-6-12-15-16/h5-7H,3-4H2,1-2H3,(H,11,17). The van der Waals surface area contributed by atoms with E-state index in [-0.39, 0.29) is 5.91 Å². The Morgan fingerprint density at radius 2 is 2.39 bits per heavy atom. The average molecular weight is 266 g/mol. The number of hydrogen-bond donors (Lipinski definition) is 1. The van der Waals surface area contributed by atoms with Gasteiger partial charge in [-0.05, 0) is 5.21 Å². The lowest BCUT2D eigenvalue weighted by Crippen LogP contribution is -2.28. The van der Waals surface area contributed by atoms with Gasteiger partial charge in [0.05, 0.1) is 11.6 Å². The lowest BCUT2D eigenvalue weighted by Gasteiger charge is -2.02. The highest BCUT2D eigenvalue weighted by molar-refractivity contribution is 7.09. The van der Waals surface area contributed by atoms with Crippen molar-refractivity contribution in [3.05, 3.63) is 22.4 Å². The van der Waals surface area contributed by atoms with Crippen molar-refractivity contribution in [2.45, 2.75) is 26.3 Å². The number of thiazole rings is 1. The molecule has 7 nitrogen and oxygen atoms in total. The van der Waals surface area contributed by atoms with E-state index < -0.39 is 0 Å². The quantitative estimate of drug-likeness (QED) is 0.860. The predicted octanol–water partition coefficient (Wildman–Crippen LogP) is 0.683. The Balaban J connectivity index is 1.83. The van der Waals surface area contributed by atoms with E-state index in [1.165, 1.54) is 22.5 Å². The molecular weight excluding hydrogens is 252 g/mol. The monoisotopic (exact) mass is 266 g/mol. The molecule has 0 aliphatic carbocycles. The van der Waals surface area contributed by atoms with Crippen molar-refractivity contribution in [3.63, 3.8) is 0 Å². The highest BCUT2D eigenvalue weighted by Gasteiger charge is 2.11. The molecule has 0 aliphatic rings. The molecule has 2 aromatic heterocycles. The summed E-state index contributed by atoms with van der Waals surface area (Å²) in [6.07, 6.45) is 1.36. The van der Waals surface area contributed by atoms with Crippen LogP contribution < -0.4 is 5.32 Å². The normalized spacial score (nSPS) is 10.8. The minimum atomic E-state index is -0.168. The smallest absolute Gasteiger partial charge is 0.270 e. The molecule has 8 heteroatoms. The Kier molecular flexibility index (Phi) is 3.98. The second kappa shape index (κ2) is 5.67. The molecule has 0 atom stereocenters. The summed E-state index contributed by atoms with van der Waals surface area (Å²) in [4.78, 5) is 17.5. The maximum absolute atomic E-state index is 11.8. The van der Waals surface area contributed by atoms with Crippen molar-refractivity contribution in [3.8, 4) is 0 Å². The van der Waals surface area contributed by atoms with E-state index in [4.69, 9.17) is 0 Å². The van der Waals surface area contributed by atoms with Gasteiger partial charge in [0.1, 0.15) is 5.69 Å². The third-order valence-corrected chi connectivity index (χ3v) is 3.38. The van der Waals surface area contributed by atoms with Gasteiger partial charge in [0.2, 0.25) is 0 Å². The van der Waals surface area contributed by atoms with Crippen molar-refractivity contribution in [2.75, 3.05) is 6.54 Å². The topological polar surface area (TPSA) is 85.6 Å². The van der Waals surface area contributed by atoms with Crippen LogP contribution in [-0.2, 0) is 6.54 Å². The van der Waals surface area contributed by atoms with Crippen LogP contribution in [-0.4, -0.2) is 37.6 Å². The molecule has 0 bridgehead atoms. The number of hydrogen-bond acceptors (Lipinski definition) is 6.